The number of rotatable bonds is 6. The van der Waals surface area contributed by atoms with Crippen molar-refractivity contribution >= 4 is 23.3 Å². The van der Waals surface area contributed by atoms with Crippen LogP contribution < -0.4 is 9.80 Å². The minimum atomic E-state index is -5.12. The number of halogens is 3. The number of esters is 1. The molecule has 10 heteroatoms. The van der Waals surface area contributed by atoms with Crippen LogP contribution in [-0.2, 0) is 14.3 Å². The van der Waals surface area contributed by atoms with Crippen LogP contribution in [0.5, 0.6) is 0 Å². The van der Waals surface area contributed by atoms with E-state index in [0.717, 1.165) is 13.1 Å². The zero-order valence-corrected chi connectivity index (χ0v) is 19.5. The second-order valence-electron chi connectivity index (χ2n) is 8.95. The number of ether oxygens (including phenoxy) is 2. The molecule has 1 aromatic carbocycles. The van der Waals surface area contributed by atoms with Gasteiger partial charge in [0.1, 0.15) is 5.60 Å². The molecule has 0 saturated carbocycles. The van der Waals surface area contributed by atoms with Gasteiger partial charge >= 0.3 is 18.1 Å². The standard InChI is InChI=1S/C22H32F3N3O4/c1-15(31-6)14-28(20(30)22(23,24)25)18-13-16(27-11-9-26(5)10-12-27)7-8-17(18)19(29)32-21(2,3)4/h7-8,13,15H,9-12,14H2,1-6H3/t15-/m1/s1. The van der Waals surface area contributed by atoms with Gasteiger partial charge in [-0.1, -0.05) is 0 Å². The fraction of sp³-hybridized carbons (Fsp3) is 0.636. The van der Waals surface area contributed by atoms with Gasteiger partial charge < -0.3 is 24.2 Å². The molecule has 1 heterocycles. The third-order valence-corrected chi connectivity index (χ3v) is 5.09. The Morgan fingerprint density at radius 3 is 2.22 bits per heavy atom. The number of alkyl halides is 3. The van der Waals surface area contributed by atoms with Crippen LogP contribution in [0.1, 0.15) is 38.1 Å². The van der Waals surface area contributed by atoms with Crippen LogP contribution in [0, 0.1) is 0 Å². The van der Waals surface area contributed by atoms with Crippen molar-refractivity contribution in [2.75, 3.05) is 56.7 Å². The van der Waals surface area contributed by atoms with Crippen molar-refractivity contribution in [3.05, 3.63) is 23.8 Å². The number of nitrogens with zero attached hydrogens (tertiary/aromatic N) is 3. The van der Waals surface area contributed by atoms with Gasteiger partial charge in [-0.05, 0) is 52.9 Å². The number of carbonyl (C=O) groups is 2. The lowest BCUT2D eigenvalue weighted by atomic mass is 10.1. The molecule has 0 aliphatic carbocycles. The number of likely N-dealkylation sites (N-methyl/N-ethyl adjacent to an activating group) is 1. The molecule has 1 saturated heterocycles. The molecule has 2 rings (SSSR count). The first-order chi connectivity index (χ1) is 14.7. The fourth-order valence-corrected chi connectivity index (χ4v) is 3.29. The van der Waals surface area contributed by atoms with E-state index >= 15 is 0 Å². The van der Waals surface area contributed by atoms with E-state index in [-0.39, 0.29) is 17.8 Å². The van der Waals surface area contributed by atoms with Gasteiger partial charge in [0.05, 0.1) is 23.9 Å². The van der Waals surface area contributed by atoms with Crippen molar-refractivity contribution in [1.29, 1.82) is 0 Å². The molecule has 0 N–H and O–H groups in total. The van der Waals surface area contributed by atoms with E-state index in [1.54, 1.807) is 33.8 Å². The van der Waals surface area contributed by atoms with E-state index in [1.807, 2.05) is 11.9 Å². The normalized spacial score (nSPS) is 16.6. The Kier molecular flexibility index (Phi) is 8.17. The number of carbonyl (C=O) groups excluding carboxylic acids is 2. The van der Waals surface area contributed by atoms with E-state index in [9.17, 15) is 22.8 Å². The van der Waals surface area contributed by atoms with Crippen molar-refractivity contribution in [2.24, 2.45) is 0 Å². The second kappa shape index (κ2) is 10.1. The maximum absolute atomic E-state index is 13.5. The van der Waals surface area contributed by atoms with Crippen molar-refractivity contribution in [2.45, 2.75) is 45.6 Å². The average Bonchev–Trinajstić information content (AvgIpc) is 2.69. The quantitative estimate of drug-likeness (QED) is 0.609. The molecule has 1 fully saturated rings. The number of benzene rings is 1. The lowest BCUT2D eigenvalue weighted by Crippen LogP contribution is -2.46. The molecule has 1 aliphatic heterocycles. The van der Waals surface area contributed by atoms with E-state index in [0.29, 0.717) is 23.7 Å². The molecule has 0 aromatic heterocycles. The van der Waals surface area contributed by atoms with Crippen molar-refractivity contribution in [1.82, 2.24) is 4.90 Å². The first kappa shape index (κ1) is 25.9. The van der Waals surface area contributed by atoms with Crippen LogP contribution in [-0.4, -0.2) is 81.5 Å². The summed E-state index contributed by atoms with van der Waals surface area (Å²) < 4.78 is 50.9. The lowest BCUT2D eigenvalue weighted by Gasteiger charge is -2.35. The largest absolute Gasteiger partial charge is 0.471 e. The van der Waals surface area contributed by atoms with Gasteiger partial charge in [-0.3, -0.25) is 4.79 Å². The zero-order chi connectivity index (χ0) is 24.3. The highest BCUT2D eigenvalue weighted by atomic mass is 19.4. The van der Waals surface area contributed by atoms with Gasteiger partial charge in [-0.15, -0.1) is 0 Å². The zero-order valence-electron chi connectivity index (χ0n) is 19.5. The Bertz CT molecular complexity index is 816. The molecular weight excluding hydrogens is 427 g/mol. The second-order valence-corrected chi connectivity index (χ2v) is 8.95. The SMILES string of the molecule is CO[C@H](C)CN(C(=O)C(F)(F)F)c1cc(N2CCN(C)CC2)ccc1C(=O)OC(C)(C)C. The van der Waals surface area contributed by atoms with Crippen molar-refractivity contribution in [3.63, 3.8) is 0 Å². The monoisotopic (exact) mass is 459 g/mol. The molecule has 1 amide bonds. The summed E-state index contributed by atoms with van der Waals surface area (Å²) in [6.07, 6.45) is -5.82. The maximum Gasteiger partial charge on any atom is 0.471 e. The van der Waals surface area contributed by atoms with Gasteiger partial charge in [-0.25, -0.2) is 4.79 Å². The molecule has 0 spiro atoms. The molecule has 32 heavy (non-hydrogen) atoms. The summed E-state index contributed by atoms with van der Waals surface area (Å²) in [4.78, 5) is 30.0. The van der Waals surface area contributed by atoms with Gasteiger partial charge in [0, 0.05) is 39.0 Å². The third-order valence-electron chi connectivity index (χ3n) is 5.09. The molecule has 1 atom stereocenters. The molecule has 180 valence electrons. The van der Waals surface area contributed by atoms with E-state index in [2.05, 4.69) is 4.90 Å². The van der Waals surface area contributed by atoms with Crippen molar-refractivity contribution in [3.8, 4) is 0 Å². The highest BCUT2D eigenvalue weighted by Gasteiger charge is 2.44. The number of hydrogen-bond acceptors (Lipinski definition) is 6. The molecule has 0 unspecified atom stereocenters. The van der Waals surface area contributed by atoms with Crippen LogP contribution in [0.3, 0.4) is 0 Å². The van der Waals surface area contributed by atoms with Crippen LogP contribution in [0.15, 0.2) is 18.2 Å². The summed E-state index contributed by atoms with van der Waals surface area (Å²) in [5, 5.41) is 0. The molecule has 7 nitrogen and oxygen atoms in total. The minimum absolute atomic E-state index is 0.112. The van der Waals surface area contributed by atoms with E-state index in [1.165, 1.54) is 19.2 Å². The summed E-state index contributed by atoms with van der Waals surface area (Å²) in [5.74, 6) is -2.87. The van der Waals surface area contributed by atoms with Gasteiger partial charge in [0.25, 0.3) is 0 Å². The number of methoxy groups -OCH3 is 1. The first-order valence-corrected chi connectivity index (χ1v) is 10.5. The molecule has 1 aromatic rings. The maximum atomic E-state index is 13.5. The number of piperazine rings is 1. The van der Waals surface area contributed by atoms with E-state index < -0.39 is 29.8 Å². The van der Waals surface area contributed by atoms with Gasteiger partial charge in [0.2, 0.25) is 0 Å². The fourth-order valence-electron chi connectivity index (χ4n) is 3.29. The minimum Gasteiger partial charge on any atom is -0.456 e. The molecule has 1 aliphatic rings. The Morgan fingerprint density at radius 2 is 1.72 bits per heavy atom. The lowest BCUT2D eigenvalue weighted by molar-refractivity contribution is -0.170. The molecule has 0 radical (unpaired) electrons. The third kappa shape index (κ3) is 6.83. The number of amides is 1. The Hall–Kier alpha value is -2.33. The van der Waals surface area contributed by atoms with Crippen LogP contribution in [0.2, 0.25) is 0 Å². The molecule has 0 bridgehead atoms. The summed E-state index contributed by atoms with van der Waals surface area (Å²) >= 11 is 0. The first-order valence-electron chi connectivity index (χ1n) is 10.5. The van der Waals surface area contributed by atoms with Gasteiger partial charge in [-0.2, -0.15) is 13.2 Å². The average molecular weight is 460 g/mol. The van der Waals surface area contributed by atoms with Gasteiger partial charge in [0.15, 0.2) is 0 Å². The smallest absolute Gasteiger partial charge is 0.456 e. The number of hydrogen-bond donors (Lipinski definition) is 0. The van der Waals surface area contributed by atoms with Crippen LogP contribution in [0.25, 0.3) is 0 Å². The van der Waals surface area contributed by atoms with Crippen LogP contribution in [0.4, 0.5) is 24.5 Å². The Balaban J connectivity index is 2.58. The Labute approximate surface area is 187 Å². The topological polar surface area (TPSA) is 62.3 Å². The summed E-state index contributed by atoms with van der Waals surface area (Å²) in [6, 6.07) is 4.55. The van der Waals surface area contributed by atoms with Crippen LogP contribution >= 0.6 is 0 Å². The summed E-state index contributed by atoms with van der Waals surface area (Å²) in [7, 11) is 3.33. The van der Waals surface area contributed by atoms with Crippen molar-refractivity contribution < 1.29 is 32.2 Å². The summed E-state index contributed by atoms with van der Waals surface area (Å²) in [5.41, 5.74) is -0.491. The highest BCUT2D eigenvalue weighted by Crippen LogP contribution is 2.32. The summed E-state index contributed by atoms with van der Waals surface area (Å²) in [6.45, 7) is 9.07. The number of anilines is 2. The highest BCUT2D eigenvalue weighted by molar-refractivity contribution is 6.05. The van der Waals surface area contributed by atoms with E-state index in [4.69, 9.17) is 9.47 Å². The predicted octanol–water partition coefficient (Wildman–Crippen LogP) is 3.32. The Morgan fingerprint density at radius 1 is 1.12 bits per heavy atom. The molecular formula is C22H32F3N3O4. The predicted molar refractivity (Wildman–Crippen MR) is 116 cm³/mol.